The maximum absolute atomic E-state index is 12.9. The minimum Gasteiger partial charge on any atom is -0.496 e. The number of ether oxygens (including phenoxy) is 4. The number of benzene rings is 2. The molecule has 0 aliphatic rings. The van der Waals surface area contributed by atoms with Crippen LogP contribution in [0.25, 0.3) is 0 Å². The summed E-state index contributed by atoms with van der Waals surface area (Å²) >= 11 is 12.3. The zero-order valence-corrected chi connectivity index (χ0v) is 22.1. The van der Waals surface area contributed by atoms with Crippen LogP contribution in [-0.2, 0) is 19.1 Å². The zero-order valence-electron chi connectivity index (χ0n) is 20.6. The van der Waals surface area contributed by atoms with Crippen LogP contribution in [0, 0.1) is 5.92 Å². The smallest absolute Gasteiger partial charge is 0.309 e. The topological polar surface area (TPSA) is 71.1 Å². The fourth-order valence-electron chi connectivity index (χ4n) is 3.64. The first-order valence-electron chi connectivity index (χ1n) is 11.0. The van der Waals surface area contributed by atoms with Crippen LogP contribution in [0.3, 0.4) is 0 Å². The molecule has 0 radical (unpaired) electrons. The summed E-state index contributed by atoms with van der Waals surface area (Å²) in [6, 6.07) is 10.5. The summed E-state index contributed by atoms with van der Waals surface area (Å²) in [5.74, 6) is -1.03. The van der Waals surface area contributed by atoms with E-state index in [0.717, 1.165) is 11.1 Å². The lowest BCUT2D eigenvalue weighted by Gasteiger charge is -2.29. The van der Waals surface area contributed by atoms with Gasteiger partial charge < -0.3 is 18.9 Å². The molecule has 2 aromatic rings. The van der Waals surface area contributed by atoms with Crippen molar-refractivity contribution in [1.29, 1.82) is 0 Å². The third-order valence-electron chi connectivity index (χ3n) is 5.13. The molecule has 0 N–H and O–H groups in total. The standard InChI is InChI=1S/C26H32Cl2O6/c1-15(12-23(29)34-26(3,4)5)25(30)33-16(2)24(19-10-8-17(27)13-21(19)31-6)20-11-9-18(28)14-22(20)32-7/h8-11,13-16,24H,12H2,1-7H3/t15-,16+/m1/s1. The monoisotopic (exact) mass is 510 g/mol. The van der Waals surface area contributed by atoms with Crippen LogP contribution in [-0.4, -0.2) is 37.9 Å². The highest BCUT2D eigenvalue weighted by molar-refractivity contribution is 6.31. The van der Waals surface area contributed by atoms with Gasteiger partial charge in [0.1, 0.15) is 23.2 Å². The van der Waals surface area contributed by atoms with Crippen LogP contribution < -0.4 is 9.47 Å². The molecule has 0 unspecified atom stereocenters. The average molecular weight is 511 g/mol. The van der Waals surface area contributed by atoms with Gasteiger partial charge in [-0.25, -0.2) is 0 Å². The summed E-state index contributed by atoms with van der Waals surface area (Å²) < 4.78 is 22.3. The number of rotatable bonds is 9. The average Bonchev–Trinajstić information content (AvgIpc) is 2.74. The van der Waals surface area contributed by atoms with Gasteiger partial charge in [-0.3, -0.25) is 9.59 Å². The molecular weight excluding hydrogens is 479 g/mol. The van der Waals surface area contributed by atoms with Crippen molar-refractivity contribution < 1.29 is 28.5 Å². The van der Waals surface area contributed by atoms with E-state index in [1.807, 2.05) is 12.1 Å². The molecule has 0 fully saturated rings. The highest BCUT2D eigenvalue weighted by Gasteiger charge is 2.32. The van der Waals surface area contributed by atoms with Gasteiger partial charge in [-0.05, 0) is 52.0 Å². The summed E-state index contributed by atoms with van der Waals surface area (Å²) in [6.45, 7) is 8.75. The minimum atomic E-state index is -0.683. The Bertz CT molecular complexity index is 961. The molecule has 186 valence electrons. The normalized spacial score (nSPS) is 13.2. The number of hydrogen-bond donors (Lipinski definition) is 0. The second-order valence-electron chi connectivity index (χ2n) is 9.08. The van der Waals surface area contributed by atoms with Crippen LogP contribution in [0.1, 0.15) is 58.1 Å². The number of esters is 2. The zero-order chi connectivity index (χ0) is 25.6. The molecule has 8 heteroatoms. The van der Waals surface area contributed by atoms with E-state index >= 15 is 0 Å². The Labute approximate surface area is 211 Å². The van der Waals surface area contributed by atoms with Gasteiger partial charge in [-0.1, -0.05) is 42.3 Å². The maximum atomic E-state index is 12.9. The largest absolute Gasteiger partial charge is 0.496 e. The fourth-order valence-corrected chi connectivity index (χ4v) is 3.97. The van der Waals surface area contributed by atoms with E-state index in [0.29, 0.717) is 21.5 Å². The quantitative estimate of drug-likeness (QED) is 0.361. The van der Waals surface area contributed by atoms with E-state index < -0.39 is 35.5 Å². The molecule has 0 saturated heterocycles. The minimum absolute atomic E-state index is 0.0813. The number of hydrogen-bond acceptors (Lipinski definition) is 6. The first kappa shape index (κ1) is 27.8. The second kappa shape index (κ2) is 11.8. The second-order valence-corrected chi connectivity index (χ2v) is 9.96. The van der Waals surface area contributed by atoms with Crippen molar-refractivity contribution in [3.63, 3.8) is 0 Å². The number of carbonyl (C=O) groups excluding carboxylic acids is 2. The van der Waals surface area contributed by atoms with Crippen molar-refractivity contribution in [3.8, 4) is 11.5 Å². The molecule has 0 bridgehead atoms. The third-order valence-corrected chi connectivity index (χ3v) is 5.60. The number of carbonyl (C=O) groups is 2. The fraction of sp³-hybridized carbons (Fsp3) is 0.462. The summed E-state index contributed by atoms with van der Waals surface area (Å²) in [7, 11) is 3.09. The van der Waals surface area contributed by atoms with Crippen LogP contribution in [0.2, 0.25) is 10.0 Å². The van der Waals surface area contributed by atoms with E-state index in [2.05, 4.69) is 0 Å². The number of methoxy groups -OCH3 is 2. The van der Waals surface area contributed by atoms with Crippen LogP contribution in [0.4, 0.5) is 0 Å². The molecule has 2 aromatic carbocycles. The molecular formula is C26H32Cl2O6. The predicted molar refractivity (Wildman–Crippen MR) is 133 cm³/mol. The molecule has 0 aliphatic heterocycles. The number of halogens is 2. The van der Waals surface area contributed by atoms with Gasteiger partial charge in [-0.2, -0.15) is 0 Å². The first-order valence-corrected chi connectivity index (χ1v) is 11.7. The van der Waals surface area contributed by atoms with Crippen LogP contribution >= 0.6 is 23.2 Å². The Kier molecular flexibility index (Phi) is 9.65. The Morgan fingerprint density at radius 2 is 1.35 bits per heavy atom. The van der Waals surface area contributed by atoms with Gasteiger partial charge >= 0.3 is 11.9 Å². The summed E-state index contributed by atoms with van der Waals surface area (Å²) in [5, 5.41) is 1.02. The summed E-state index contributed by atoms with van der Waals surface area (Å²) in [6.07, 6.45) is -0.721. The molecule has 0 aromatic heterocycles. The SMILES string of the molecule is COc1cc(Cl)ccc1C(c1ccc(Cl)cc1OC)[C@H](C)OC(=O)[C@H](C)CC(=O)OC(C)(C)C. The van der Waals surface area contributed by atoms with Gasteiger partial charge in [0, 0.05) is 21.2 Å². The molecule has 6 nitrogen and oxygen atoms in total. The molecule has 0 spiro atoms. The third kappa shape index (κ3) is 7.54. The van der Waals surface area contributed by atoms with Gasteiger partial charge in [0.15, 0.2) is 0 Å². The highest BCUT2D eigenvalue weighted by Crippen LogP contribution is 2.41. The van der Waals surface area contributed by atoms with Gasteiger partial charge in [0.05, 0.1) is 32.5 Å². The Balaban J connectivity index is 2.38. The lowest BCUT2D eigenvalue weighted by Crippen LogP contribution is -2.30. The van der Waals surface area contributed by atoms with E-state index in [1.54, 1.807) is 73.1 Å². The molecule has 0 aliphatic carbocycles. The predicted octanol–water partition coefficient (Wildman–Crippen LogP) is 6.44. The Morgan fingerprint density at radius 3 is 1.76 bits per heavy atom. The van der Waals surface area contributed by atoms with Gasteiger partial charge in [-0.15, -0.1) is 0 Å². The molecule has 0 amide bonds. The molecule has 2 rings (SSSR count). The van der Waals surface area contributed by atoms with Crippen LogP contribution in [0.15, 0.2) is 36.4 Å². The van der Waals surface area contributed by atoms with E-state index in [-0.39, 0.29) is 6.42 Å². The summed E-state index contributed by atoms with van der Waals surface area (Å²) in [5.41, 5.74) is 0.885. The highest BCUT2D eigenvalue weighted by atomic mass is 35.5. The van der Waals surface area contributed by atoms with Crippen molar-refractivity contribution in [2.24, 2.45) is 5.92 Å². The lowest BCUT2D eigenvalue weighted by atomic mass is 9.85. The summed E-state index contributed by atoms with van der Waals surface area (Å²) in [4.78, 5) is 25.1. The van der Waals surface area contributed by atoms with Crippen molar-refractivity contribution >= 4 is 35.1 Å². The van der Waals surface area contributed by atoms with E-state index in [4.69, 9.17) is 42.1 Å². The van der Waals surface area contributed by atoms with Crippen molar-refractivity contribution in [2.45, 2.75) is 58.7 Å². The van der Waals surface area contributed by atoms with Crippen molar-refractivity contribution in [3.05, 3.63) is 57.6 Å². The van der Waals surface area contributed by atoms with Crippen LogP contribution in [0.5, 0.6) is 11.5 Å². The van der Waals surface area contributed by atoms with Gasteiger partial charge in [0.25, 0.3) is 0 Å². The van der Waals surface area contributed by atoms with E-state index in [1.165, 1.54) is 0 Å². The Hall–Kier alpha value is -2.44. The van der Waals surface area contributed by atoms with Crippen molar-refractivity contribution in [2.75, 3.05) is 14.2 Å². The van der Waals surface area contributed by atoms with Crippen molar-refractivity contribution in [1.82, 2.24) is 0 Å². The maximum Gasteiger partial charge on any atom is 0.309 e. The van der Waals surface area contributed by atoms with Gasteiger partial charge in [0.2, 0.25) is 0 Å². The van der Waals surface area contributed by atoms with E-state index in [9.17, 15) is 9.59 Å². The molecule has 0 heterocycles. The lowest BCUT2D eigenvalue weighted by molar-refractivity contribution is -0.163. The molecule has 2 atom stereocenters. The molecule has 34 heavy (non-hydrogen) atoms. The first-order chi connectivity index (χ1) is 15.9. The Morgan fingerprint density at radius 1 is 0.882 bits per heavy atom. The molecule has 0 saturated carbocycles.